The predicted octanol–water partition coefficient (Wildman–Crippen LogP) is -1.11. The molecule has 0 aromatic carbocycles. The van der Waals surface area contributed by atoms with E-state index in [1.54, 1.807) is 0 Å². The van der Waals surface area contributed by atoms with Gasteiger partial charge < -0.3 is 10.6 Å². The lowest BCUT2D eigenvalue weighted by atomic mass is 10.2. The number of hydrogen-bond donors (Lipinski definition) is 2. The smallest absolute Gasteiger partial charge is 0.332 e. The normalized spacial score (nSPS) is 17.5. The third kappa shape index (κ3) is 2.52. The van der Waals surface area contributed by atoms with Gasteiger partial charge in [0.1, 0.15) is 0 Å². The van der Waals surface area contributed by atoms with Gasteiger partial charge in [-0.15, -0.1) is 0 Å². The summed E-state index contributed by atoms with van der Waals surface area (Å²) < 4.78 is 0. The summed E-state index contributed by atoms with van der Waals surface area (Å²) in [7, 11) is 2.64. The van der Waals surface area contributed by atoms with Crippen LogP contribution in [-0.4, -0.2) is 59.4 Å². The zero-order valence-corrected chi connectivity index (χ0v) is 10.6. The number of imide groups is 2. The Hall–Kier alpha value is -1.70. The number of barbiturate groups is 1. The van der Waals surface area contributed by atoms with Gasteiger partial charge in [-0.05, 0) is 19.1 Å². The highest BCUT2D eigenvalue weighted by molar-refractivity contribution is 7.80. The molecule has 1 rings (SSSR count). The molecule has 0 radical (unpaired) electrons. The second-order valence-electron chi connectivity index (χ2n) is 3.51. The summed E-state index contributed by atoms with van der Waals surface area (Å²) in [6, 6.07) is -1.79. The van der Waals surface area contributed by atoms with Crippen molar-refractivity contribution < 1.29 is 14.4 Å². The Balaban J connectivity index is 2.83. The topological polar surface area (TPSA) is 81.8 Å². The van der Waals surface area contributed by atoms with Gasteiger partial charge in [0.2, 0.25) is 0 Å². The van der Waals surface area contributed by atoms with Gasteiger partial charge in [-0.25, -0.2) is 4.79 Å². The first kappa shape index (κ1) is 13.4. The van der Waals surface area contributed by atoms with Crippen molar-refractivity contribution in [2.24, 2.45) is 0 Å². The van der Waals surface area contributed by atoms with E-state index in [0.29, 0.717) is 6.54 Å². The average Bonchev–Trinajstić information content (AvgIpc) is 2.30. The molecule has 2 N–H and O–H groups in total. The molecule has 0 atom stereocenters. The molecule has 0 bridgehead atoms. The minimum Gasteiger partial charge on any atom is -0.363 e. The van der Waals surface area contributed by atoms with E-state index in [9.17, 15) is 14.4 Å². The van der Waals surface area contributed by atoms with Gasteiger partial charge in [-0.2, -0.15) is 0 Å². The summed E-state index contributed by atoms with van der Waals surface area (Å²) in [4.78, 5) is 36.7. The maximum atomic E-state index is 11.7. The van der Waals surface area contributed by atoms with Gasteiger partial charge in [0.05, 0.1) is 0 Å². The van der Waals surface area contributed by atoms with Gasteiger partial charge in [-0.3, -0.25) is 19.4 Å². The van der Waals surface area contributed by atoms with Gasteiger partial charge in [0.25, 0.3) is 11.8 Å². The average molecular weight is 258 g/mol. The van der Waals surface area contributed by atoms with E-state index >= 15 is 0 Å². The van der Waals surface area contributed by atoms with Crippen molar-refractivity contribution in [1.29, 1.82) is 0 Å². The van der Waals surface area contributed by atoms with Crippen molar-refractivity contribution in [3.05, 3.63) is 0 Å². The lowest BCUT2D eigenvalue weighted by molar-refractivity contribution is -0.143. The number of likely N-dealkylation sites (N-methyl/N-ethyl adjacent to an activating group) is 2. The van der Waals surface area contributed by atoms with Crippen molar-refractivity contribution >= 4 is 35.2 Å². The first-order valence-corrected chi connectivity index (χ1v) is 5.44. The Morgan fingerprint density at radius 2 is 1.71 bits per heavy atom. The third-order valence-corrected chi connectivity index (χ3v) is 2.60. The van der Waals surface area contributed by atoms with Crippen LogP contribution >= 0.6 is 12.2 Å². The first-order chi connectivity index (χ1) is 7.90. The molecule has 7 nitrogen and oxygen atoms in total. The number of nitrogens with zero attached hydrogens (tertiary/aromatic N) is 2. The molecule has 1 saturated heterocycles. The van der Waals surface area contributed by atoms with E-state index in [4.69, 9.17) is 12.2 Å². The molecular weight excluding hydrogens is 244 g/mol. The fourth-order valence-electron chi connectivity index (χ4n) is 1.37. The van der Waals surface area contributed by atoms with Crippen molar-refractivity contribution in [1.82, 2.24) is 20.4 Å². The van der Waals surface area contributed by atoms with Gasteiger partial charge >= 0.3 is 6.03 Å². The third-order valence-electron chi connectivity index (χ3n) is 2.34. The highest BCUT2D eigenvalue weighted by Crippen LogP contribution is 2.08. The van der Waals surface area contributed by atoms with Crippen LogP contribution in [0.3, 0.4) is 0 Å². The number of carbonyl (C=O) groups is 3. The zero-order valence-electron chi connectivity index (χ0n) is 9.81. The quantitative estimate of drug-likeness (QED) is 0.483. The van der Waals surface area contributed by atoms with Gasteiger partial charge in [0.15, 0.2) is 11.2 Å². The number of nitrogens with one attached hydrogen (secondary N) is 2. The molecule has 0 aromatic rings. The molecule has 0 unspecified atom stereocenters. The highest BCUT2D eigenvalue weighted by atomic mass is 32.1. The monoisotopic (exact) mass is 258 g/mol. The zero-order chi connectivity index (χ0) is 13.2. The molecule has 1 heterocycles. The lowest BCUT2D eigenvalue weighted by Crippen LogP contribution is -2.65. The van der Waals surface area contributed by atoms with E-state index in [0.717, 1.165) is 9.80 Å². The summed E-state index contributed by atoms with van der Waals surface area (Å²) in [5.74, 6) is -1.23. The van der Waals surface area contributed by atoms with E-state index in [2.05, 4.69) is 10.6 Å². The van der Waals surface area contributed by atoms with Crippen molar-refractivity contribution in [2.75, 3.05) is 20.6 Å². The van der Waals surface area contributed by atoms with E-state index < -0.39 is 23.9 Å². The minimum absolute atomic E-state index is 0.204. The summed E-state index contributed by atoms with van der Waals surface area (Å²) in [6.45, 7) is 2.41. The molecule has 0 spiro atoms. The van der Waals surface area contributed by atoms with Crippen molar-refractivity contribution in [2.45, 2.75) is 13.0 Å². The van der Waals surface area contributed by atoms with Crippen LogP contribution in [0.15, 0.2) is 0 Å². The van der Waals surface area contributed by atoms with Crippen LogP contribution in [-0.2, 0) is 9.59 Å². The molecule has 17 heavy (non-hydrogen) atoms. The minimum atomic E-state index is -1.14. The fourth-order valence-corrected chi connectivity index (χ4v) is 1.63. The van der Waals surface area contributed by atoms with Crippen LogP contribution < -0.4 is 10.6 Å². The Kier molecular flexibility index (Phi) is 4.00. The number of hydrogen-bond acceptors (Lipinski definition) is 4. The Labute approximate surface area is 104 Å². The Morgan fingerprint density at radius 3 is 2.12 bits per heavy atom. The number of amides is 4. The Bertz CT molecular complexity index is 360. The second kappa shape index (κ2) is 5.09. The molecule has 4 amide bonds. The van der Waals surface area contributed by atoms with Crippen molar-refractivity contribution in [3.63, 3.8) is 0 Å². The van der Waals surface area contributed by atoms with Gasteiger partial charge in [-0.1, -0.05) is 0 Å². The van der Waals surface area contributed by atoms with Crippen LogP contribution in [0, 0.1) is 0 Å². The van der Waals surface area contributed by atoms with E-state index in [1.165, 1.54) is 14.1 Å². The maximum Gasteiger partial charge on any atom is 0.332 e. The van der Waals surface area contributed by atoms with E-state index in [1.807, 2.05) is 6.92 Å². The molecule has 94 valence electrons. The number of carbonyl (C=O) groups excluding carboxylic acids is 3. The standard InChI is InChI=1S/C9H14N4O3S/c1-4-10-8(17)11-5-6(14)12(2)9(16)13(3)7(5)15/h5H,4H2,1-3H3,(H2,10,11,17). The Morgan fingerprint density at radius 1 is 1.24 bits per heavy atom. The summed E-state index contributed by atoms with van der Waals surface area (Å²) in [5, 5.41) is 5.56. The highest BCUT2D eigenvalue weighted by Gasteiger charge is 2.42. The number of thiocarbonyl (C=S) groups is 1. The lowest BCUT2D eigenvalue weighted by Gasteiger charge is -2.33. The maximum absolute atomic E-state index is 11.7. The number of urea groups is 1. The summed E-state index contributed by atoms with van der Waals surface area (Å²) in [5.41, 5.74) is 0. The van der Waals surface area contributed by atoms with Crippen LogP contribution in [0.4, 0.5) is 4.79 Å². The summed E-state index contributed by atoms with van der Waals surface area (Å²) in [6.07, 6.45) is 0. The van der Waals surface area contributed by atoms with Crippen LogP contribution in [0.1, 0.15) is 6.92 Å². The van der Waals surface area contributed by atoms with E-state index in [-0.39, 0.29) is 5.11 Å². The molecule has 1 fully saturated rings. The summed E-state index contributed by atoms with van der Waals surface area (Å²) >= 11 is 4.90. The second-order valence-corrected chi connectivity index (χ2v) is 3.92. The fraction of sp³-hybridized carbons (Fsp3) is 0.556. The molecule has 0 aliphatic carbocycles. The van der Waals surface area contributed by atoms with Crippen LogP contribution in [0.2, 0.25) is 0 Å². The molecule has 0 aromatic heterocycles. The molecule has 8 heteroatoms. The largest absolute Gasteiger partial charge is 0.363 e. The van der Waals surface area contributed by atoms with Crippen LogP contribution in [0.25, 0.3) is 0 Å². The molecule has 0 saturated carbocycles. The molecular formula is C9H14N4O3S. The van der Waals surface area contributed by atoms with Crippen molar-refractivity contribution in [3.8, 4) is 0 Å². The first-order valence-electron chi connectivity index (χ1n) is 5.03. The molecule has 1 aliphatic heterocycles. The molecule has 1 aliphatic rings. The van der Waals surface area contributed by atoms with Crippen LogP contribution in [0.5, 0.6) is 0 Å². The number of rotatable bonds is 2. The predicted molar refractivity (Wildman–Crippen MR) is 64.1 cm³/mol. The SMILES string of the molecule is CCNC(=S)NC1C(=O)N(C)C(=O)N(C)C1=O. The van der Waals surface area contributed by atoms with Gasteiger partial charge in [0, 0.05) is 20.6 Å².